The van der Waals surface area contributed by atoms with Crippen molar-refractivity contribution in [1.82, 2.24) is 4.90 Å². The van der Waals surface area contributed by atoms with Crippen molar-refractivity contribution in [2.45, 2.75) is 25.1 Å². The largest absolute Gasteiger partial charge is 0.497 e. The Kier molecular flexibility index (Phi) is 7.83. The maximum absolute atomic E-state index is 12.1. The summed E-state index contributed by atoms with van der Waals surface area (Å²) >= 11 is 6.09. The van der Waals surface area contributed by atoms with Gasteiger partial charge in [-0.15, -0.1) is 0 Å². The van der Waals surface area contributed by atoms with Gasteiger partial charge in [0.2, 0.25) is 0 Å². The predicted octanol–water partition coefficient (Wildman–Crippen LogP) is 4.04. The summed E-state index contributed by atoms with van der Waals surface area (Å²) in [6.07, 6.45) is -0.288. The molecule has 182 valence electrons. The minimum Gasteiger partial charge on any atom is -0.497 e. The van der Waals surface area contributed by atoms with E-state index in [1.54, 1.807) is 37.4 Å². The van der Waals surface area contributed by atoms with Gasteiger partial charge in [0.15, 0.2) is 9.84 Å². The Morgan fingerprint density at radius 3 is 2.59 bits per heavy atom. The van der Waals surface area contributed by atoms with Crippen LogP contribution in [0.1, 0.15) is 12.2 Å². The molecule has 1 aliphatic heterocycles. The average Bonchev–Trinajstić information content (AvgIpc) is 3.43. The third kappa shape index (κ3) is 6.54. The second kappa shape index (κ2) is 10.8. The smallest absolute Gasteiger partial charge is 0.151 e. The molecular formula is C25H28ClNO6S. The van der Waals surface area contributed by atoms with Gasteiger partial charge in [-0.2, -0.15) is 0 Å². The zero-order valence-corrected chi connectivity index (χ0v) is 20.5. The van der Waals surface area contributed by atoms with Crippen LogP contribution in [0.5, 0.6) is 11.5 Å². The molecule has 2 unspecified atom stereocenters. The van der Waals surface area contributed by atoms with Crippen LogP contribution in [0.4, 0.5) is 0 Å². The SMILES string of the molecule is COc1ccc(OCC(O)CN(Cc2ccc(-c3cccc(Cl)c3)o2)C2CCS(=O)(=O)C2)cc1. The molecule has 2 atom stereocenters. The molecule has 3 aromatic rings. The van der Waals surface area contributed by atoms with Crippen molar-refractivity contribution in [3.05, 3.63) is 71.4 Å². The van der Waals surface area contributed by atoms with E-state index >= 15 is 0 Å². The number of rotatable bonds is 10. The number of hydrogen-bond acceptors (Lipinski definition) is 7. The van der Waals surface area contributed by atoms with Gasteiger partial charge in [-0.25, -0.2) is 8.42 Å². The van der Waals surface area contributed by atoms with Crippen molar-refractivity contribution in [2.75, 3.05) is 31.8 Å². The molecule has 4 rings (SSSR count). The van der Waals surface area contributed by atoms with E-state index in [1.165, 1.54) is 0 Å². The topological polar surface area (TPSA) is 89.2 Å². The van der Waals surface area contributed by atoms with E-state index in [0.717, 1.165) is 11.3 Å². The normalized spacial score (nSPS) is 18.2. The third-order valence-corrected chi connectivity index (χ3v) is 7.79. The molecule has 0 amide bonds. The fourth-order valence-corrected chi connectivity index (χ4v) is 6.01. The molecule has 0 aliphatic carbocycles. The molecule has 0 spiro atoms. The third-order valence-electron chi connectivity index (χ3n) is 5.80. The Hall–Kier alpha value is -2.52. The summed E-state index contributed by atoms with van der Waals surface area (Å²) in [4.78, 5) is 1.97. The van der Waals surface area contributed by atoms with E-state index in [2.05, 4.69) is 0 Å². The zero-order valence-electron chi connectivity index (χ0n) is 18.9. The molecule has 1 aromatic heterocycles. The van der Waals surface area contributed by atoms with Gasteiger partial charge in [0.05, 0.1) is 25.2 Å². The van der Waals surface area contributed by atoms with E-state index < -0.39 is 15.9 Å². The molecule has 2 aromatic carbocycles. The van der Waals surface area contributed by atoms with Crippen LogP contribution in [0.25, 0.3) is 11.3 Å². The van der Waals surface area contributed by atoms with Crippen molar-refractivity contribution >= 4 is 21.4 Å². The van der Waals surface area contributed by atoms with Gasteiger partial charge in [0.1, 0.15) is 35.7 Å². The second-order valence-electron chi connectivity index (χ2n) is 8.40. The first-order valence-corrected chi connectivity index (χ1v) is 13.3. The molecule has 34 heavy (non-hydrogen) atoms. The quantitative estimate of drug-likeness (QED) is 0.445. The molecule has 1 saturated heterocycles. The average molecular weight is 506 g/mol. The Balaban J connectivity index is 1.43. The van der Waals surface area contributed by atoms with Crippen LogP contribution in [-0.2, 0) is 16.4 Å². The highest BCUT2D eigenvalue weighted by Gasteiger charge is 2.33. The number of furan rings is 1. The summed E-state index contributed by atoms with van der Waals surface area (Å²) in [5.74, 6) is 2.92. The van der Waals surface area contributed by atoms with Crippen LogP contribution in [-0.4, -0.2) is 62.3 Å². The number of methoxy groups -OCH3 is 1. The number of nitrogens with zero attached hydrogens (tertiary/aromatic N) is 1. The Labute approximate surface area is 204 Å². The molecule has 1 fully saturated rings. The first kappa shape index (κ1) is 24.6. The van der Waals surface area contributed by atoms with Gasteiger partial charge >= 0.3 is 0 Å². The van der Waals surface area contributed by atoms with E-state index in [1.807, 2.05) is 35.2 Å². The Morgan fingerprint density at radius 1 is 1.15 bits per heavy atom. The highest BCUT2D eigenvalue weighted by atomic mass is 35.5. The fraction of sp³-hybridized carbons (Fsp3) is 0.360. The minimum absolute atomic E-state index is 0.0704. The maximum atomic E-state index is 12.1. The molecule has 0 bridgehead atoms. The van der Waals surface area contributed by atoms with Gasteiger partial charge in [-0.05, 0) is 55.0 Å². The van der Waals surface area contributed by atoms with Crippen molar-refractivity contribution in [1.29, 1.82) is 0 Å². The van der Waals surface area contributed by atoms with Gasteiger partial charge in [-0.1, -0.05) is 23.7 Å². The standard InChI is InChI=1S/C25H28ClNO6S/c1-31-22-5-7-23(8-6-22)32-16-21(28)14-27(20-11-12-34(29,30)17-20)15-24-9-10-25(33-24)18-3-2-4-19(26)13-18/h2-10,13,20-21,28H,11-12,14-17H2,1H3. The summed E-state index contributed by atoms with van der Waals surface area (Å²) in [6, 6.07) is 18.0. The Morgan fingerprint density at radius 2 is 1.91 bits per heavy atom. The van der Waals surface area contributed by atoms with Crippen LogP contribution in [0, 0.1) is 0 Å². The lowest BCUT2D eigenvalue weighted by atomic mass is 10.2. The van der Waals surface area contributed by atoms with Gasteiger partial charge in [0, 0.05) is 23.2 Å². The first-order valence-electron chi connectivity index (χ1n) is 11.1. The van der Waals surface area contributed by atoms with E-state index in [4.69, 9.17) is 25.5 Å². The van der Waals surface area contributed by atoms with Crippen LogP contribution in [0.3, 0.4) is 0 Å². The van der Waals surface area contributed by atoms with E-state index in [-0.39, 0.29) is 30.7 Å². The van der Waals surface area contributed by atoms with Crippen LogP contribution in [0.2, 0.25) is 5.02 Å². The molecule has 1 N–H and O–H groups in total. The van der Waals surface area contributed by atoms with Gasteiger partial charge in [-0.3, -0.25) is 4.90 Å². The number of sulfone groups is 1. The molecule has 2 heterocycles. The van der Waals surface area contributed by atoms with Crippen molar-refractivity contribution in [2.24, 2.45) is 0 Å². The monoisotopic (exact) mass is 505 g/mol. The van der Waals surface area contributed by atoms with Gasteiger partial charge < -0.3 is 19.0 Å². The van der Waals surface area contributed by atoms with E-state index in [0.29, 0.717) is 35.3 Å². The Bertz CT molecular complexity index is 1190. The number of benzene rings is 2. The predicted molar refractivity (Wildman–Crippen MR) is 131 cm³/mol. The van der Waals surface area contributed by atoms with E-state index in [9.17, 15) is 13.5 Å². The number of hydrogen-bond donors (Lipinski definition) is 1. The molecule has 7 nitrogen and oxygen atoms in total. The van der Waals surface area contributed by atoms with Crippen molar-refractivity contribution in [3.63, 3.8) is 0 Å². The van der Waals surface area contributed by atoms with Gasteiger partial charge in [0.25, 0.3) is 0 Å². The lowest BCUT2D eigenvalue weighted by molar-refractivity contribution is 0.0498. The summed E-state index contributed by atoms with van der Waals surface area (Å²) in [7, 11) is -1.49. The van der Waals surface area contributed by atoms with Crippen LogP contribution in [0.15, 0.2) is 65.1 Å². The number of aliphatic hydroxyl groups is 1. The van der Waals surface area contributed by atoms with Crippen molar-refractivity contribution < 1.29 is 27.4 Å². The second-order valence-corrected chi connectivity index (χ2v) is 11.1. The molecule has 1 aliphatic rings. The number of aliphatic hydroxyl groups excluding tert-OH is 1. The van der Waals surface area contributed by atoms with Crippen LogP contribution >= 0.6 is 11.6 Å². The number of ether oxygens (including phenoxy) is 2. The van der Waals surface area contributed by atoms with Crippen LogP contribution < -0.4 is 9.47 Å². The summed E-state index contributed by atoms with van der Waals surface area (Å²) < 4.78 is 41.1. The number of halogens is 1. The molecular weight excluding hydrogens is 478 g/mol. The minimum atomic E-state index is -3.08. The zero-order chi connectivity index (χ0) is 24.1. The fourth-order valence-electron chi connectivity index (χ4n) is 4.05. The molecule has 0 saturated carbocycles. The molecule has 0 radical (unpaired) electrons. The summed E-state index contributed by atoms with van der Waals surface area (Å²) in [5, 5.41) is 11.3. The summed E-state index contributed by atoms with van der Waals surface area (Å²) in [6.45, 7) is 0.706. The highest BCUT2D eigenvalue weighted by Crippen LogP contribution is 2.27. The molecule has 9 heteroatoms. The maximum Gasteiger partial charge on any atom is 0.151 e. The lowest BCUT2D eigenvalue weighted by Crippen LogP contribution is -2.42. The first-order chi connectivity index (χ1) is 16.3. The summed E-state index contributed by atoms with van der Waals surface area (Å²) in [5.41, 5.74) is 0.863. The highest BCUT2D eigenvalue weighted by molar-refractivity contribution is 7.91. The van der Waals surface area contributed by atoms with Crippen molar-refractivity contribution in [3.8, 4) is 22.8 Å². The lowest BCUT2D eigenvalue weighted by Gasteiger charge is -2.29.